The summed E-state index contributed by atoms with van der Waals surface area (Å²) in [5, 5.41) is 6.85. The van der Waals surface area contributed by atoms with E-state index in [2.05, 4.69) is 10.5 Å². The van der Waals surface area contributed by atoms with E-state index in [-0.39, 0.29) is 41.5 Å². The summed E-state index contributed by atoms with van der Waals surface area (Å²) in [6.45, 7) is 6.11. The molecule has 194 valence electrons. The maximum Gasteiger partial charge on any atom is 0.248 e. The van der Waals surface area contributed by atoms with Crippen molar-refractivity contribution in [3.05, 3.63) is 46.8 Å². The lowest BCUT2D eigenvalue weighted by Crippen LogP contribution is -2.43. The zero-order chi connectivity index (χ0) is 25.7. The minimum absolute atomic E-state index is 0.0531. The Kier molecular flexibility index (Phi) is 8.25. The monoisotopic (exact) mass is 514 g/mol. The van der Waals surface area contributed by atoms with E-state index in [1.807, 2.05) is 36.1 Å². The van der Waals surface area contributed by atoms with Crippen LogP contribution in [0.4, 0.5) is 0 Å². The predicted octanol–water partition coefficient (Wildman–Crippen LogP) is 2.99. The zero-order valence-electron chi connectivity index (χ0n) is 20.9. The molecule has 3 heterocycles. The summed E-state index contributed by atoms with van der Waals surface area (Å²) >= 11 is 0. The van der Waals surface area contributed by atoms with E-state index in [1.165, 1.54) is 4.31 Å². The Morgan fingerprint density at radius 3 is 2.53 bits per heavy atom. The van der Waals surface area contributed by atoms with Gasteiger partial charge >= 0.3 is 0 Å². The zero-order valence-corrected chi connectivity index (χ0v) is 21.7. The molecule has 36 heavy (non-hydrogen) atoms. The minimum Gasteiger partial charge on any atom is -0.356 e. The molecule has 2 aromatic rings. The molecule has 0 unspecified atom stereocenters. The van der Waals surface area contributed by atoms with Crippen molar-refractivity contribution in [3.8, 4) is 0 Å². The molecule has 2 saturated heterocycles. The van der Waals surface area contributed by atoms with Crippen LogP contribution >= 0.6 is 0 Å². The van der Waals surface area contributed by atoms with Crippen molar-refractivity contribution >= 4 is 34.0 Å². The Morgan fingerprint density at radius 2 is 1.86 bits per heavy atom. The molecule has 10 heteroatoms. The first-order valence-electron chi connectivity index (χ1n) is 12.5. The van der Waals surface area contributed by atoms with Gasteiger partial charge in [0.05, 0.1) is 0 Å². The molecule has 0 radical (unpaired) electrons. The summed E-state index contributed by atoms with van der Waals surface area (Å²) in [5.74, 6) is 0.105. The number of amides is 2. The minimum atomic E-state index is -3.82. The lowest BCUT2D eigenvalue weighted by molar-refractivity contribution is -0.127. The number of piperidine rings is 1. The number of nitrogens with zero attached hydrogens (tertiary/aromatic N) is 3. The lowest BCUT2D eigenvalue weighted by Gasteiger charge is -2.30. The van der Waals surface area contributed by atoms with Gasteiger partial charge in [-0.3, -0.25) is 9.59 Å². The normalized spacial score (nSPS) is 17.8. The topological polar surface area (TPSA) is 113 Å². The van der Waals surface area contributed by atoms with Crippen LogP contribution in [-0.4, -0.2) is 67.3 Å². The van der Waals surface area contributed by atoms with Crippen molar-refractivity contribution < 1.29 is 22.5 Å². The summed E-state index contributed by atoms with van der Waals surface area (Å²) < 4.78 is 33.6. The maximum absolute atomic E-state index is 13.4. The highest BCUT2D eigenvalue weighted by molar-refractivity contribution is 7.89. The fourth-order valence-electron chi connectivity index (χ4n) is 4.70. The standard InChI is InChI=1S/C26H34N4O5S/c1-19-6-8-21(9-7-19)10-11-23-25(20(2)28-35-23)36(33,34)30-17-12-22(13-18-30)26(32)27-14-4-16-29-15-3-5-24(29)31/h6-11,22H,3-5,12-18H2,1-2H3,(H,27,32). The van der Waals surface area contributed by atoms with Gasteiger partial charge in [0, 0.05) is 45.1 Å². The molecule has 9 nitrogen and oxygen atoms in total. The van der Waals surface area contributed by atoms with Crippen LogP contribution in [0.1, 0.15) is 54.7 Å². The second-order valence-electron chi connectivity index (χ2n) is 9.51. The van der Waals surface area contributed by atoms with Gasteiger partial charge in [0.15, 0.2) is 10.7 Å². The Labute approximate surface area is 212 Å². The van der Waals surface area contributed by atoms with Crippen LogP contribution in [0, 0.1) is 19.8 Å². The number of rotatable bonds is 9. The molecule has 1 N–H and O–H groups in total. The highest BCUT2D eigenvalue weighted by Gasteiger charge is 2.35. The van der Waals surface area contributed by atoms with Crippen LogP contribution in [0.5, 0.6) is 0 Å². The molecule has 0 aliphatic carbocycles. The number of likely N-dealkylation sites (tertiary alicyclic amines) is 1. The second kappa shape index (κ2) is 11.4. The third kappa shape index (κ3) is 6.04. The Balaban J connectivity index is 1.31. The third-order valence-corrected chi connectivity index (χ3v) is 8.89. The number of carbonyl (C=O) groups excluding carboxylic acids is 2. The van der Waals surface area contributed by atoms with Gasteiger partial charge in [-0.15, -0.1) is 0 Å². The van der Waals surface area contributed by atoms with Gasteiger partial charge in [0.1, 0.15) is 5.69 Å². The molecule has 0 spiro atoms. The number of hydrogen-bond acceptors (Lipinski definition) is 6. The first kappa shape index (κ1) is 26.1. The average molecular weight is 515 g/mol. The van der Waals surface area contributed by atoms with Crippen molar-refractivity contribution in [3.63, 3.8) is 0 Å². The average Bonchev–Trinajstić information content (AvgIpc) is 3.46. The fraction of sp³-hybridized carbons (Fsp3) is 0.500. The number of aryl methyl sites for hydroxylation is 2. The molecule has 0 bridgehead atoms. The van der Waals surface area contributed by atoms with Gasteiger partial charge in [-0.05, 0) is 51.2 Å². The quantitative estimate of drug-likeness (QED) is 0.515. The third-order valence-electron chi connectivity index (χ3n) is 6.84. The van der Waals surface area contributed by atoms with E-state index in [9.17, 15) is 18.0 Å². The Morgan fingerprint density at radius 1 is 1.14 bits per heavy atom. The van der Waals surface area contributed by atoms with Crippen molar-refractivity contribution in [2.45, 2.75) is 50.8 Å². The van der Waals surface area contributed by atoms with Crippen LogP contribution in [0.15, 0.2) is 33.7 Å². The second-order valence-corrected chi connectivity index (χ2v) is 11.4. The molecule has 1 aromatic heterocycles. The van der Waals surface area contributed by atoms with Gasteiger partial charge < -0.3 is 14.7 Å². The summed E-state index contributed by atoms with van der Waals surface area (Å²) in [6.07, 6.45) is 6.58. The van der Waals surface area contributed by atoms with Gasteiger partial charge in [-0.1, -0.05) is 41.1 Å². The number of sulfonamides is 1. The highest BCUT2D eigenvalue weighted by atomic mass is 32.2. The molecule has 4 rings (SSSR count). The maximum atomic E-state index is 13.4. The molecular weight excluding hydrogens is 480 g/mol. The number of hydrogen-bond donors (Lipinski definition) is 1. The predicted molar refractivity (Wildman–Crippen MR) is 136 cm³/mol. The van der Waals surface area contributed by atoms with E-state index in [0.717, 1.165) is 30.5 Å². The van der Waals surface area contributed by atoms with Crippen molar-refractivity contribution in [1.82, 2.24) is 19.7 Å². The van der Waals surface area contributed by atoms with Crippen LogP contribution in [0.2, 0.25) is 0 Å². The molecule has 2 aliphatic heterocycles. The first-order chi connectivity index (χ1) is 17.3. The van der Waals surface area contributed by atoms with Gasteiger partial charge in [0.25, 0.3) is 0 Å². The van der Waals surface area contributed by atoms with Gasteiger partial charge in [-0.2, -0.15) is 4.31 Å². The van der Waals surface area contributed by atoms with E-state index in [0.29, 0.717) is 38.0 Å². The molecule has 0 atom stereocenters. The van der Waals surface area contributed by atoms with Crippen LogP contribution < -0.4 is 5.32 Å². The number of benzene rings is 1. The summed E-state index contributed by atoms with van der Waals surface area (Å²) in [4.78, 5) is 26.2. The molecule has 1 aromatic carbocycles. The fourth-order valence-corrected chi connectivity index (χ4v) is 6.42. The molecular formula is C26H34N4O5S. The first-order valence-corrected chi connectivity index (χ1v) is 14.0. The van der Waals surface area contributed by atoms with Gasteiger partial charge in [0.2, 0.25) is 21.8 Å². The smallest absolute Gasteiger partial charge is 0.248 e. The Bertz CT molecular complexity index is 1210. The van der Waals surface area contributed by atoms with Crippen LogP contribution in [0.3, 0.4) is 0 Å². The molecule has 2 aliphatic rings. The van der Waals surface area contributed by atoms with Gasteiger partial charge in [-0.25, -0.2) is 8.42 Å². The van der Waals surface area contributed by atoms with Crippen LogP contribution in [0.25, 0.3) is 12.2 Å². The summed E-state index contributed by atoms with van der Waals surface area (Å²) in [6, 6.07) is 7.87. The largest absolute Gasteiger partial charge is 0.356 e. The lowest BCUT2D eigenvalue weighted by atomic mass is 9.97. The van der Waals surface area contributed by atoms with E-state index >= 15 is 0 Å². The SMILES string of the molecule is Cc1ccc(C=Cc2onc(C)c2S(=O)(=O)N2CCC(C(=O)NCCCN3CCCC3=O)CC2)cc1. The summed E-state index contributed by atoms with van der Waals surface area (Å²) in [5.41, 5.74) is 2.38. The molecule has 2 amide bonds. The molecule has 0 saturated carbocycles. The van der Waals surface area contributed by atoms with Crippen molar-refractivity contribution in [2.24, 2.45) is 5.92 Å². The number of carbonyl (C=O) groups is 2. The highest BCUT2D eigenvalue weighted by Crippen LogP contribution is 2.29. The van der Waals surface area contributed by atoms with E-state index in [1.54, 1.807) is 19.1 Å². The van der Waals surface area contributed by atoms with E-state index in [4.69, 9.17) is 4.52 Å². The van der Waals surface area contributed by atoms with Crippen LogP contribution in [-0.2, 0) is 19.6 Å². The number of aromatic nitrogens is 1. The van der Waals surface area contributed by atoms with Crippen molar-refractivity contribution in [1.29, 1.82) is 0 Å². The number of nitrogens with one attached hydrogen (secondary N) is 1. The molecule has 2 fully saturated rings. The van der Waals surface area contributed by atoms with E-state index < -0.39 is 10.0 Å². The summed E-state index contributed by atoms with van der Waals surface area (Å²) in [7, 11) is -3.82. The van der Waals surface area contributed by atoms with Crippen molar-refractivity contribution in [2.75, 3.05) is 32.7 Å². The Hall–Kier alpha value is -2.98.